The first-order valence-electron chi connectivity index (χ1n) is 10.9. The highest BCUT2D eigenvalue weighted by molar-refractivity contribution is 5.65. The molecular formula is C25H31N3O4. The molecule has 1 atom stereocenters. The van der Waals surface area contributed by atoms with Gasteiger partial charge in [-0.2, -0.15) is 5.10 Å². The highest BCUT2D eigenvalue weighted by Gasteiger charge is 2.33. The summed E-state index contributed by atoms with van der Waals surface area (Å²) in [7, 11) is 5.15. The fourth-order valence-corrected chi connectivity index (χ4v) is 3.91. The minimum Gasteiger partial charge on any atom is -0.497 e. The number of rotatable bonds is 11. The Hall–Kier alpha value is -2.87. The molecule has 0 amide bonds. The Bertz CT molecular complexity index is 1000. The van der Waals surface area contributed by atoms with Crippen LogP contribution in [0.3, 0.4) is 0 Å². The van der Waals surface area contributed by atoms with Crippen molar-refractivity contribution in [2.75, 3.05) is 27.4 Å². The Morgan fingerprint density at radius 2 is 1.75 bits per heavy atom. The van der Waals surface area contributed by atoms with E-state index >= 15 is 0 Å². The van der Waals surface area contributed by atoms with Gasteiger partial charge in [0.15, 0.2) is 0 Å². The van der Waals surface area contributed by atoms with Crippen LogP contribution in [0, 0.1) is 0 Å². The number of nitrogens with zero attached hydrogens (tertiary/aromatic N) is 3. The molecule has 2 aromatic carbocycles. The van der Waals surface area contributed by atoms with Crippen LogP contribution in [-0.4, -0.2) is 59.3 Å². The molecule has 1 aromatic heterocycles. The largest absolute Gasteiger partial charge is 0.497 e. The van der Waals surface area contributed by atoms with Crippen LogP contribution in [0.15, 0.2) is 54.6 Å². The van der Waals surface area contributed by atoms with Gasteiger partial charge in [-0.05, 0) is 37.1 Å². The van der Waals surface area contributed by atoms with Crippen LogP contribution < -0.4 is 9.47 Å². The van der Waals surface area contributed by atoms with Crippen molar-refractivity contribution in [1.29, 1.82) is 0 Å². The number of hydrogen-bond donors (Lipinski definition) is 1. The quantitative estimate of drug-likeness (QED) is 0.491. The summed E-state index contributed by atoms with van der Waals surface area (Å²) in [5.41, 5.74) is 2.94. The van der Waals surface area contributed by atoms with Crippen molar-refractivity contribution in [2.24, 2.45) is 7.05 Å². The van der Waals surface area contributed by atoms with Crippen molar-refractivity contribution >= 4 is 0 Å². The minimum atomic E-state index is -0.539. The van der Waals surface area contributed by atoms with E-state index in [1.165, 1.54) is 0 Å². The van der Waals surface area contributed by atoms with E-state index in [-0.39, 0.29) is 0 Å². The maximum Gasteiger partial charge on any atom is 0.222 e. The average Bonchev–Trinajstić information content (AvgIpc) is 3.61. The summed E-state index contributed by atoms with van der Waals surface area (Å²) in [6.45, 7) is 1.50. The van der Waals surface area contributed by atoms with Gasteiger partial charge in [-0.1, -0.05) is 30.3 Å². The van der Waals surface area contributed by atoms with E-state index in [1.807, 2.05) is 49.5 Å². The molecule has 0 saturated heterocycles. The van der Waals surface area contributed by atoms with Crippen LogP contribution in [-0.2, 0) is 18.3 Å². The Kier molecular flexibility index (Phi) is 7.09. The van der Waals surface area contributed by atoms with Gasteiger partial charge in [-0.3, -0.25) is 4.90 Å². The summed E-state index contributed by atoms with van der Waals surface area (Å²) in [6.07, 6.45) is 1.73. The van der Waals surface area contributed by atoms with Gasteiger partial charge >= 0.3 is 0 Å². The predicted octanol–water partition coefficient (Wildman–Crippen LogP) is 3.86. The van der Waals surface area contributed by atoms with Gasteiger partial charge in [-0.15, -0.1) is 0 Å². The Labute approximate surface area is 189 Å². The van der Waals surface area contributed by atoms with Crippen molar-refractivity contribution in [1.82, 2.24) is 14.7 Å². The summed E-state index contributed by atoms with van der Waals surface area (Å²) in [5.74, 6) is 2.19. The fourth-order valence-electron chi connectivity index (χ4n) is 3.91. The van der Waals surface area contributed by atoms with E-state index in [1.54, 1.807) is 18.9 Å². The van der Waals surface area contributed by atoms with Crippen LogP contribution >= 0.6 is 0 Å². The second-order valence-electron chi connectivity index (χ2n) is 8.17. The fraction of sp³-hybridized carbons (Fsp3) is 0.400. The van der Waals surface area contributed by atoms with Gasteiger partial charge in [0.1, 0.15) is 17.2 Å². The van der Waals surface area contributed by atoms with Gasteiger partial charge in [0.05, 0.1) is 25.4 Å². The lowest BCUT2D eigenvalue weighted by atomic mass is 10.1. The zero-order chi connectivity index (χ0) is 22.5. The molecule has 0 radical (unpaired) electrons. The van der Waals surface area contributed by atoms with Gasteiger partial charge in [0, 0.05) is 38.9 Å². The van der Waals surface area contributed by atoms with E-state index in [0.29, 0.717) is 37.4 Å². The van der Waals surface area contributed by atoms with E-state index in [0.717, 1.165) is 35.4 Å². The topological polar surface area (TPSA) is 69.0 Å². The molecular weight excluding hydrogens is 406 g/mol. The van der Waals surface area contributed by atoms with Crippen molar-refractivity contribution < 1.29 is 19.3 Å². The van der Waals surface area contributed by atoms with Crippen LogP contribution in [0.4, 0.5) is 0 Å². The number of aromatic nitrogens is 2. The Morgan fingerprint density at radius 3 is 2.38 bits per heavy atom. The first-order valence-corrected chi connectivity index (χ1v) is 10.9. The number of methoxy groups -OCH3 is 2. The average molecular weight is 438 g/mol. The highest BCUT2D eigenvalue weighted by atomic mass is 16.5. The third kappa shape index (κ3) is 5.30. The van der Waals surface area contributed by atoms with Crippen molar-refractivity contribution in [2.45, 2.75) is 31.5 Å². The van der Waals surface area contributed by atoms with Crippen molar-refractivity contribution in [3.8, 4) is 28.6 Å². The summed E-state index contributed by atoms with van der Waals surface area (Å²) < 4.78 is 18.5. The van der Waals surface area contributed by atoms with Crippen LogP contribution in [0.1, 0.15) is 18.4 Å². The van der Waals surface area contributed by atoms with Crippen molar-refractivity contribution in [3.05, 3.63) is 60.2 Å². The van der Waals surface area contributed by atoms with E-state index < -0.39 is 6.10 Å². The van der Waals surface area contributed by atoms with E-state index in [9.17, 15) is 5.11 Å². The molecule has 7 nitrogen and oxygen atoms in total. The lowest BCUT2D eigenvalue weighted by Gasteiger charge is -2.25. The zero-order valence-electron chi connectivity index (χ0n) is 18.9. The third-order valence-electron chi connectivity index (χ3n) is 5.64. The summed E-state index contributed by atoms with van der Waals surface area (Å²) in [4.78, 5) is 2.31. The second kappa shape index (κ2) is 10.2. The predicted molar refractivity (Wildman–Crippen MR) is 123 cm³/mol. The molecule has 4 rings (SSSR count). The van der Waals surface area contributed by atoms with Crippen LogP contribution in [0.2, 0.25) is 0 Å². The molecule has 0 bridgehead atoms. The third-order valence-corrected chi connectivity index (χ3v) is 5.64. The molecule has 0 aliphatic heterocycles. The lowest BCUT2D eigenvalue weighted by molar-refractivity contribution is 0.0336. The maximum atomic E-state index is 10.4. The monoisotopic (exact) mass is 437 g/mol. The number of benzene rings is 2. The molecule has 1 unspecified atom stereocenters. The van der Waals surface area contributed by atoms with E-state index in [4.69, 9.17) is 19.3 Å². The molecule has 3 aromatic rings. The molecule has 1 fully saturated rings. The number of ether oxygens (including phenoxy) is 3. The van der Waals surface area contributed by atoms with Crippen LogP contribution in [0.25, 0.3) is 11.3 Å². The summed E-state index contributed by atoms with van der Waals surface area (Å²) >= 11 is 0. The molecule has 1 aliphatic rings. The van der Waals surface area contributed by atoms with E-state index in [2.05, 4.69) is 17.0 Å². The summed E-state index contributed by atoms with van der Waals surface area (Å²) in [5, 5.41) is 15.2. The molecule has 32 heavy (non-hydrogen) atoms. The van der Waals surface area contributed by atoms with Crippen molar-refractivity contribution in [3.63, 3.8) is 0 Å². The standard InChI is InChI=1S/C25H31N3O4/c1-27-25(32-22-13-11-21(31-3)12-14-22)23(24(26-27)18-7-5-4-6-8-18)16-28(19-9-10-19)15-20(29)17-30-2/h4-8,11-14,19-20,29H,9-10,15-17H2,1-3H3. The first kappa shape index (κ1) is 22.3. The molecule has 1 aliphatic carbocycles. The van der Waals surface area contributed by atoms with Crippen LogP contribution in [0.5, 0.6) is 17.4 Å². The molecule has 1 N–H and O–H groups in total. The highest BCUT2D eigenvalue weighted by Crippen LogP contribution is 2.37. The number of hydrogen-bond acceptors (Lipinski definition) is 6. The van der Waals surface area contributed by atoms with Gasteiger partial charge in [0.25, 0.3) is 0 Å². The maximum absolute atomic E-state index is 10.4. The molecule has 0 spiro atoms. The summed E-state index contributed by atoms with van der Waals surface area (Å²) in [6, 6.07) is 18.1. The Balaban J connectivity index is 1.68. The minimum absolute atomic E-state index is 0.316. The Morgan fingerprint density at radius 1 is 1.06 bits per heavy atom. The SMILES string of the molecule is COCC(O)CN(Cc1c(-c2ccccc2)nn(C)c1Oc1ccc(OC)cc1)C1CC1. The van der Waals surface area contributed by atoms with Gasteiger partial charge in [0.2, 0.25) is 5.88 Å². The van der Waals surface area contributed by atoms with Gasteiger partial charge in [-0.25, -0.2) is 4.68 Å². The smallest absolute Gasteiger partial charge is 0.222 e. The second-order valence-corrected chi connectivity index (χ2v) is 8.17. The molecule has 170 valence electrons. The normalized spacial score (nSPS) is 14.5. The van der Waals surface area contributed by atoms with Gasteiger partial charge < -0.3 is 19.3 Å². The molecule has 1 heterocycles. The number of aliphatic hydroxyl groups excluding tert-OH is 1. The number of aryl methyl sites for hydroxylation is 1. The lowest BCUT2D eigenvalue weighted by Crippen LogP contribution is -2.36. The molecule has 7 heteroatoms. The molecule has 1 saturated carbocycles. The zero-order valence-corrected chi connectivity index (χ0v) is 18.9. The first-order chi connectivity index (χ1) is 15.6. The number of aliphatic hydroxyl groups is 1.